The second kappa shape index (κ2) is 12.2. The molecule has 5 nitrogen and oxygen atoms in total. The molecule has 0 fully saturated rings. The van der Waals surface area contributed by atoms with E-state index in [0.29, 0.717) is 6.54 Å². The van der Waals surface area contributed by atoms with Crippen LogP contribution in [0.1, 0.15) is 23.9 Å². The molecule has 0 saturated carbocycles. The van der Waals surface area contributed by atoms with Crippen molar-refractivity contribution in [1.29, 1.82) is 0 Å². The first-order chi connectivity index (χ1) is 13.7. The molecule has 1 aromatic heterocycles. The fourth-order valence-electron chi connectivity index (χ4n) is 2.88. The molecular formula is C22H27FIN5. The molecule has 0 amide bonds. The van der Waals surface area contributed by atoms with Gasteiger partial charge in [0.2, 0.25) is 0 Å². The van der Waals surface area contributed by atoms with Crippen molar-refractivity contribution in [2.45, 2.75) is 26.4 Å². The molecule has 1 heterocycles. The number of aliphatic imine (C=N–C) groups is 1. The van der Waals surface area contributed by atoms with Crippen LogP contribution in [0, 0.1) is 5.82 Å². The number of benzene rings is 2. The fraction of sp³-hybridized carbons (Fsp3) is 0.273. The van der Waals surface area contributed by atoms with Gasteiger partial charge in [-0.1, -0.05) is 42.5 Å². The maximum Gasteiger partial charge on any atom is 0.191 e. The molecule has 2 aromatic carbocycles. The highest BCUT2D eigenvalue weighted by Crippen LogP contribution is 2.07. The maximum absolute atomic E-state index is 13.0. The molecule has 0 radical (unpaired) electrons. The average Bonchev–Trinajstić information content (AvgIpc) is 3.15. The number of rotatable bonds is 8. The summed E-state index contributed by atoms with van der Waals surface area (Å²) in [7, 11) is 0. The van der Waals surface area contributed by atoms with Crippen LogP contribution in [0.4, 0.5) is 4.39 Å². The second-order valence-electron chi connectivity index (χ2n) is 6.46. The molecule has 3 aromatic rings. The Morgan fingerprint density at radius 2 is 1.79 bits per heavy atom. The predicted octanol–water partition coefficient (Wildman–Crippen LogP) is 3.99. The quantitative estimate of drug-likeness (QED) is 0.276. The summed E-state index contributed by atoms with van der Waals surface area (Å²) >= 11 is 0. The molecule has 0 spiro atoms. The van der Waals surface area contributed by atoms with Crippen molar-refractivity contribution >= 4 is 29.9 Å². The third-order valence-electron chi connectivity index (χ3n) is 4.34. The van der Waals surface area contributed by atoms with Crippen LogP contribution < -0.4 is 10.6 Å². The number of imidazole rings is 1. The number of hydrogen-bond acceptors (Lipinski definition) is 2. The minimum absolute atomic E-state index is 0. The second-order valence-corrected chi connectivity index (χ2v) is 6.46. The first-order valence-corrected chi connectivity index (χ1v) is 9.55. The third-order valence-corrected chi connectivity index (χ3v) is 4.34. The Morgan fingerprint density at radius 1 is 1.03 bits per heavy atom. The van der Waals surface area contributed by atoms with E-state index in [0.717, 1.165) is 43.4 Å². The Hall–Kier alpha value is -2.42. The number of halogens is 2. The van der Waals surface area contributed by atoms with Gasteiger partial charge in [-0.15, -0.1) is 24.0 Å². The number of hydrogen-bond donors (Lipinski definition) is 2. The molecule has 3 rings (SSSR count). The van der Waals surface area contributed by atoms with E-state index in [9.17, 15) is 4.39 Å². The number of guanidine groups is 1. The summed E-state index contributed by atoms with van der Waals surface area (Å²) < 4.78 is 15.1. The monoisotopic (exact) mass is 507 g/mol. The van der Waals surface area contributed by atoms with Gasteiger partial charge in [0.05, 0.1) is 0 Å². The molecule has 0 aliphatic rings. The normalized spacial score (nSPS) is 11.0. The summed E-state index contributed by atoms with van der Waals surface area (Å²) in [5.41, 5.74) is 2.32. The Labute approximate surface area is 188 Å². The van der Waals surface area contributed by atoms with E-state index >= 15 is 0 Å². The van der Waals surface area contributed by atoms with E-state index in [1.165, 1.54) is 17.7 Å². The summed E-state index contributed by atoms with van der Waals surface area (Å²) in [6.07, 6.45) is 4.59. The molecule has 154 valence electrons. The van der Waals surface area contributed by atoms with Gasteiger partial charge in [-0.25, -0.2) is 14.4 Å². The maximum atomic E-state index is 13.0. The van der Waals surface area contributed by atoms with Gasteiger partial charge in [-0.3, -0.25) is 0 Å². The Kier molecular flexibility index (Phi) is 9.63. The van der Waals surface area contributed by atoms with Gasteiger partial charge in [0.15, 0.2) is 5.96 Å². The Bertz CT molecular complexity index is 878. The standard InChI is InChI=1S/C22H26FN5.HI/c1-2-24-22(26-13-12-18-8-10-20(23)11-9-18)27-16-21-25-14-15-28(21)17-19-6-4-3-5-7-19;/h3-11,14-15H,2,12-13,16-17H2,1H3,(H2,24,26,27);1H. The zero-order chi connectivity index (χ0) is 19.6. The molecule has 7 heteroatoms. The molecule has 2 N–H and O–H groups in total. The van der Waals surface area contributed by atoms with Crippen LogP contribution in [-0.4, -0.2) is 28.6 Å². The number of aromatic nitrogens is 2. The zero-order valence-corrected chi connectivity index (χ0v) is 18.8. The summed E-state index contributed by atoms with van der Waals surface area (Å²) in [6.45, 7) is 4.80. The molecule has 0 saturated heterocycles. The lowest BCUT2D eigenvalue weighted by Crippen LogP contribution is -2.38. The van der Waals surface area contributed by atoms with E-state index in [1.807, 2.05) is 49.6 Å². The molecule has 0 aliphatic carbocycles. The smallest absolute Gasteiger partial charge is 0.191 e. The Morgan fingerprint density at radius 3 is 2.52 bits per heavy atom. The first-order valence-electron chi connectivity index (χ1n) is 9.55. The number of nitrogens with one attached hydrogen (secondary N) is 2. The molecule has 29 heavy (non-hydrogen) atoms. The van der Waals surface area contributed by atoms with Crippen molar-refractivity contribution in [3.63, 3.8) is 0 Å². The van der Waals surface area contributed by atoms with Crippen molar-refractivity contribution < 1.29 is 4.39 Å². The van der Waals surface area contributed by atoms with Crippen molar-refractivity contribution in [2.75, 3.05) is 13.1 Å². The van der Waals surface area contributed by atoms with Crippen molar-refractivity contribution in [1.82, 2.24) is 20.2 Å². The van der Waals surface area contributed by atoms with Crippen LogP contribution in [0.15, 0.2) is 72.0 Å². The van der Waals surface area contributed by atoms with Crippen LogP contribution >= 0.6 is 24.0 Å². The highest BCUT2D eigenvalue weighted by Gasteiger charge is 2.04. The van der Waals surface area contributed by atoms with Crippen LogP contribution in [0.25, 0.3) is 0 Å². The van der Waals surface area contributed by atoms with Crippen molar-refractivity contribution in [3.8, 4) is 0 Å². The van der Waals surface area contributed by atoms with Gasteiger partial charge in [0.1, 0.15) is 18.2 Å². The van der Waals surface area contributed by atoms with Gasteiger partial charge >= 0.3 is 0 Å². The van der Waals surface area contributed by atoms with E-state index in [2.05, 4.69) is 37.3 Å². The predicted molar refractivity (Wildman–Crippen MR) is 126 cm³/mol. The van der Waals surface area contributed by atoms with E-state index < -0.39 is 0 Å². The highest BCUT2D eigenvalue weighted by molar-refractivity contribution is 14.0. The summed E-state index contributed by atoms with van der Waals surface area (Å²) in [5.74, 6) is 1.45. The van der Waals surface area contributed by atoms with Crippen molar-refractivity contribution in [2.24, 2.45) is 4.99 Å². The van der Waals surface area contributed by atoms with Gasteiger partial charge in [0.25, 0.3) is 0 Å². The van der Waals surface area contributed by atoms with Gasteiger partial charge in [-0.05, 0) is 36.6 Å². The largest absolute Gasteiger partial charge is 0.357 e. The van der Waals surface area contributed by atoms with Crippen LogP contribution in [0.2, 0.25) is 0 Å². The molecular weight excluding hydrogens is 480 g/mol. The van der Waals surface area contributed by atoms with Crippen LogP contribution in [0.5, 0.6) is 0 Å². The van der Waals surface area contributed by atoms with Crippen LogP contribution in [0.3, 0.4) is 0 Å². The first kappa shape index (κ1) is 22.9. The third kappa shape index (κ3) is 7.49. The Balaban J connectivity index is 0.00000300. The summed E-state index contributed by atoms with van der Waals surface area (Å²) in [5, 5.41) is 6.57. The fourth-order valence-corrected chi connectivity index (χ4v) is 2.88. The lowest BCUT2D eigenvalue weighted by molar-refractivity contribution is 0.626. The minimum atomic E-state index is -0.211. The average molecular weight is 507 g/mol. The zero-order valence-electron chi connectivity index (χ0n) is 16.5. The van der Waals surface area contributed by atoms with Crippen LogP contribution in [-0.2, 0) is 19.5 Å². The highest BCUT2D eigenvalue weighted by atomic mass is 127. The molecule has 0 aliphatic heterocycles. The summed E-state index contributed by atoms with van der Waals surface area (Å²) in [4.78, 5) is 9.10. The van der Waals surface area contributed by atoms with E-state index in [4.69, 9.17) is 0 Å². The SMILES string of the molecule is CCNC(=NCc1nccn1Cc1ccccc1)NCCc1ccc(F)cc1.I. The summed E-state index contributed by atoms with van der Waals surface area (Å²) in [6, 6.07) is 16.9. The molecule has 0 bridgehead atoms. The number of nitrogens with zero attached hydrogens (tertiary/aromatic N) is 3. The molecule has 0 unspecified atom stereocenters. The van der Waals surface area contributed by atoms with E-state index in [-0.39, 0.29) is 29.8 Å². The van der Waals surface area contributed by atoms with Gasteiger partial charge in [-0.2, -0.15) is 0 Å². The van der Waals surface area contributed by atoms with Crippen molar-refractivity contribution in [3.05, 3.63) is 89.8 Å². The van der Waals surface area contributed by atoms with E-state index in [1.54, 1.807) is 0 Å². The molecule has 0 atom stereocenters. The lowest BCUT2D eigenvalue weighted by Gasteiger charge is -2.12. The lowest BCUT2D eigenvalue weighted by atomic mass is 10.1. The minimum Gasteiger partial charge on any atom is -0.357 e. The van der Waals surface area contributed by atoms with Gasteiger partial charge < -0.3 is 15.2 Å². The van der Waals surface area contributed by atoms with Gasteiger partial charge in [0, 0.05) is 32.0 Å². The topological polar surface area (TPSA) is 54.2 Å².